The highest BCUT2D eigenvalue weighted by molar-refractivity contribution is 7.97. The largest absolute Gasteiger partial charge is 0.463 e. The third kappa shape index (κ3) is 3.68. The van der Waals surface area contributed by atoms with E-state index in [0.717, 1.165) is 23.0 Å². The highest BCUT2D eigenvalue weighted by Crippen LogP contribution is 2.16. The van der Waals surface area contributed by atoms with Gasteiger partial charge in [0.05, 0.1) is 12.3 Å². The maximum absolute atomic E-state index is 5.79. The molecular weight excluding hydrogens is 256 g/mol. The van der Waals surface area contributed by atoms with Crippen LogP contribution in [-0.4, -0.2) is 11.2 Å². The predicted octanol–water partition coefficient (Wildman–Crippen LogP) is 3.80. The van der Waals surface area contributed by atoms with Gasteiger partial charge >= 0.3 is 0 Å². The van der Waals surface area contributed by atoms with Crippen molar-refractivity contribution in [3.63, 3.8) is 0 Å². The van der Waals surface area contributed by atoms with Crippen LogP contribution in [0.25, 0.3) is 0 Å². The molecule has 0 unspecified atom stereocenters. The van der Waals surface area contributed by atoms with Crippen LogP contribution in [0.2, 0.25) is 5.15 Å². The number of thioether (sulfide) groups is 1. The normalized spacial score (nSPS) is 10.5. The number of anilines is 1. The topological polar surface area (TPSA) is 38.1 Å². The van der Waals surface area contributed by atoms with Crippen molar-refractivity contribution in [3.8, 4) is 0 Å². The number of nitrogens with zero attached hydrogens (tertiary/aromatic N) is 1. The van der Waals surface area contributed by atoms with Crippen LogP contribution in [0.15, 0.2) is 34.9 Å². The average molecular weight is 269 g/mol. The molecule has 5 heteroatoms. The first kappa shape index (κ1) is 12.3. The minimum absolute atomic E-state index is 0.484. The number of aromatic nitrogens is 1. The first-order valence-corrected chi connectivity index (χ1v) is 6.97. The zero-order valence-corrected chi connectivity index (χ0v) is 11.0. The second-order valence-electron chi connectivity index (χ2n) is 3.52. The molecule has 1 N–H and O–H groups in total. The maximum atomic E-state index is 5.79. The van der Waals surface area contributed by atoms with Gasteiger partial charge in [-0.25, -0.2) is 4.98 Å². The summed E-state index contributed by atoms with van der Waals surface area (Å²) in [5.74, 6) is 2.82. The van der Waals surface area contributed by atoms with E-state index < -0.39 is 0 Å². The molecule has 0 bridgehead atoms. The molecule has 17 heavy (non-hydrogen) atoms. The standard InChI is InChI=1S/C12H13ClN2OS/c1-17-8-11-3-2-10(16-11)7-15-9-4-5-14-12(13)6-9/h2-6H,7-8H2,1H3,(H,14,15). The maximum Gasteiger partial charge on any atom is 0.131 e. The van der Waals surface area contributed by atoms with Crippen LogP contribution >= 0.6 is 23.4 Å². The molecule has 2 heterocycles. The SMILES string of the molecule is CSCc1ccc(CNc2ccnc(Cl)c2)o1. The van der Waals surface area contributed by atoms with Gasteiger partial charge in [-0.1, -0.05) is 11.6 Å². The molecule has 0 saturated heterocycles. The van der Waals surface area contributed by atoms with Crippen LogP contribution in [0.1, 0.15) is 11.5 Å². The molecule has 0 amide bonds. The molecule has 0 aliphatic carbocycles. The number of hydrogen-bond acceptors (Lipinski definition) is 4. The van der Waals surface area contributed by atoms with Crippen LogP contribution in [0.4, 0.5) is 5.69 Å². The minimum atomic E-state index is 0.484. The van der Waals surface area contributed by atoms with Gasteiger partial charge in [0, 0.05) is 11.9 Å². The summed E-state index contributed by atoms with van der Waals surface area (Å²) in [7, 11) is 0. The molecule has 2 rings (SSSR count). The summed E-state index contributed by atoms with van der Waals surface area (Å²) in [6.45, 7) is 0.648. The zero-order chi connectivity index (χ0) is 12.1. The third-order valence-electron chi connectivity index (χ3n) is 2.20. The van der Waals surface area contributed by atoms with Gasteiger partial charge in [-0.15, -0.1) is 0 Å². The first-order valence-electron chi connectivity index (χ1n) is 5.20. The lowest BCUT2D eigenvalue weighted by Gasteiger charge is -2.03. The summed E-state index contributed by atoms with van der Waals surface area (Å²) in [5.41, 5.74) is 0.938. The Kier molecular flexibility index (Phi) is 4.34. The Morgan fingerprint density at radius 3 is 2.94 bits per heavy atom. The van der Waals surface area contributed by atoms with E-state index >= 15 is 0 Å². The van der Waals surface area contributed by atoms with Gasteiger partial charge in [0.25, 0.3) is 0 Å². The fourth-order valence-corrected chi connectivity index (χ4v) is 2.05. The van der Waals surface area contributed by atoms with E-state index in [0.29, 0.717) is 11.7 Å². The number of nitrogens with one attached hydrogen (secondary N) is 1. The van der Waals surface area contributed by atoms with Crippen molar-refractivity contribution < 1.29 is 4.42 Å². The molecule has 0 saturated carbocycles. The summed E-state index contributed by atoms with van der Waals surface area (Å²) in [4.78, 5) is 3.92. The Morgan fingerprint density at radius 1 is 1.35 bits per heavy atom. The quantitative estimate of drug-likeness (QED) is 0.837. The van der Waals surface area contributed by atoms with E-state index in [4.69, 9.17) is 16.0 Å². The van der Waals surface area contributed by atoms with Crippen molar-refractivity contribution in [2.24, 2.45) is 0 Å². The van der Waals surface area contributed by atoms with Crippen molar-refractivity contribution in [1.82, 2.24) is 4.98 Å². The number of pyridine rings is 1. The molecular formula is C12H13ClN2OS. The van der Waals surface area contributed by atoms with Crippen molar-refractivity contribution >= 4 is 29.1 Å². The summed E-state index contributed by atoms with van der Waals surface area (Å²) < 4.78 is 5.64. The summed E-state index contributed by atoms with van der Waals surface area (Å²) in [6.07, 6.45) is 3.73. The van der Waals surface area contributed by atoms with E-state index in [9.17, 15) is 0 Å². The predicted molar refractivity (Wildman–Crippen MR) is 72.5 cm³/mol. The van der Waals surface area contributed by atoms with Gasteiger partial charge in [-0.2, -0.15) is 11.8 Å². The van der Waals surface area contributed by atoms with Gasteiger partial charge in [-0.05, 0) is 30.5 Å². The van der Waals surface area contributed by atoms with Crippen molar-refractivity contribution in [2.45, 2.75) is 12.3 Å². The van der Waals surface area contributed by atoms with Gasteiger partial charge in [0.2, 0.25) is 0 Å². The molecule has 2 aromatic heterocycles. The lowest BCUT2D eigenvalue weighted by Crippen LogP contribution is -1.98. The summed E-state index contributed by atoms with van der Waals surface area (Å²) in [6, 6.07) is 7.65. The van der Waals surface area contributed by atoms with Crippen molar-refractivity contribution in [1.29, 1.82) is 0 Å². The first-order chi connectivity index (χ1) is 8.28. The van der Waals surface area contributed by atoms with E-state index in [-0.39, 0.29) is 0 Å². The molecule has 0 atom stereocenters. The van der Waals surface area contributed by atoms with Gasteiger partial charge in [-0.3, -0.25) is 0 Å². The van der Waals surface area contributed by atoms with Crippen LogP contribution < -0.4 is 5.32 Å². The second-order valence-corrected chi connectivity index (χ2v) is 4.78. The number of rotatable bonds is 5. The van der Waals surface area contributed by atoms with Gasteiger partial charge in [0.15, 0.2) is 0 Å². The zero-order valence-electron chi connectivity index (χ0n) is 9.44. The van der Waals surface area contributed by atoms with E-state index in [1.54, 1.807) is 24.0 Å². The third-order valence-corrected chi connectivity index (χ3v) is 2.98. The lowest BCUT2D eigenvalue weighted by molar-refractivity contribution is 0.487. The number of halogens is 1. The Morgan fingerprint density at radius 2 is 2.18 bits per heavy atom. The van der Waals surface area contributed by atoms with Gasteiger partial charge < -0.3 is 9.73 Å². The second kappa shape index (κ2) is 5.98. The minimum Gasteiger partial charge on any atom is -0.463 e. The Bertz CT molecular complexity index is 487. The smallest absolute Gasteiger partial charge is 0.131 e. The fraction of sp³-hybridized carbons (Fsp3) is 0.250. The fourth-order valence-electron chi connectivity index (χ4n) is 1.44. The molecule has 90 valence electrons. The molecule has 0 fully saturated rings. The number of furan rings is 1. The van der Waals surface area contributed by atoms with Crippen molar-refractivity contribution in [2.75, 3.05) is 11.6 Å². The Hall–Kier alpha value is -1.13. The molecule has 0 radical (unpaired) electrons. The molecule has 0 aromatic carbocycles. The van der Waals surface area contributed by atoms with E-state index in [1.165, 1.54) is 0 Å². The molecule has 0 spiro atoms. The lowest BCUT2D eigenvalue weighted by atomic mass is 10.4. The van der Waals surface area contributed by atoms with Gasteiger partial charge in [0.1, 0.15) is 16.7 Å². The monoisotopic (exact) mass is 268 g/mol. The Balaban J connectivity index is 1.93. The molecule has 0 aliphatic heterocycles. The number of hydrogen-bond donors (Lipinski definition) is 1. The summed E-state index contributed by atoms with van der Waals surface area (Å²) in [5, 5.41) is 3.72. The van der Waals surface area contributed by atoms with Crippen LogP contribution in [0.3, 0.4) is 0 Å². The molecule has 0 aliphatic rings. The van der Waals surface area contributed by atoms with Crippen LogP contribution in [0.5, 0.6) is 0 Å². The molecule has 2 aromatic rings. The van der Waals surface area contributed by atoms with Crippen LogP contribution in [-0.2, 0) is 12.3 Å². The molecule has 3 nitrogen and oxygen atoms in total. The van der Waals surface area contributed by atoms with Crippen molar-refractivity contribution in [3.05, 3.63) is 47.1 Å². The summed E-state index contributed by atoms with van der Waals surface area (Å²) >= 11 is 7.54. The average Bonchev–Trinajstić information content (AvgIpc) is 2.75. The Labute approximate surface area is 110 Å². The van der Waals surface area contributed by atoms with E-state index in [2.05, 4.69) is 16.6 Å². The van der Waals surface area contributed by atoms with E-state index in [1.807, 2.05) is 18.2 Å². The highest BCUT2D eigenvalue weighted by Gasteiger charge is 2.01. The van der Waals surface area contributed by atoms with Crippen LogP contribution in [0, 0.1) is 0 Å². The highest BCUT2D eigenvalue weighted by atomic mass is 35.5.